The molecular formula is C32H45NO5S. The lowest BCUT2D eigenvalue weighted by Crippen LogP contribution is -2.51. The zero-order chi connectivity index (χ0) is 28.4. The average Bonchev–Trinajstić information content (AvgIpc) is 3.53. The molecule has 1 amide bonds. The van der Waals surface area contributed by atoms with Crippen LogP contribution in [-0.2, 0) is 9.53 Å². The van der Waals surface area contributed by atoms with Crippen molar-refractivity contribution in [3.63, 3.8) is 0 Å². The first kappa shape index (κ1) is 29.8. The Hall–Kier alpha value is -2.14. The van der Waals surface area contributed by atoms with E-state index in [1.54, 1.807) is 11.0 Å². The maximum atomic E-state index is 14.3. The molecule has 4 rings (SSSR count). The van der Waals surface area contributed by atoms with E-state index in [0.717, 1.165) is 30.6 Å². The molecule has 0 saturated heterocycles. The molecule has 7 heteroatoms. The van der Waals surface area contributed by atoms with Gasteiger partial charge in [0.25, 0.3) is 0 Å². The second kappa shape index (κ2) is 12.2. The highest BCUT2D eigenvalue weighted by Gasteiger charge is 2.42. The molecule has 2 atom stereocenters. The molecule has 1 aromatic heterocycles. The molecular weight excluding hydrogens is 510 g/mol. The van der Waals surface area contributed by atoms with Crippen molar-refractivity contribution in [1.29, 1.82) is 0 Å². The van der Waals surface area contributed by atoms with Crippen LogP contribution in [0.2, 0.25) is 0 Å². The second-order valence-electron chi connectivity index (χ2n) is 13.1. The van der Waals surface area contributed by atoms with E-state index in [-0.39, 0.29) is 40.2 Å². The van der Waals surface area contributed by atoms with Crippen molar-refractivity contribution < 1.29 is 24.5 Å². The summed E-state index contributed by atoms with van der Waals surface area (Å²) in [4.78, 5) is 29.2. The lowest BCUT2D eigenvalue weighted by atomic mass is 9.78. The highest BCUT2D eigenvalue weighted by atomic mass is 32.1. The standard InChI is InChI=1S/C32H45NO5S/c1-21-10-11-26(22(2)18-21)29(34)33(27-19-25(14-15-31(3,4)5)39-28(27)30(35)36)23-12-16-32(37,17-13-23)20-38-24-8-6-7-9-24/h10,19,22-24,26,37H,6-9,11-13,16-18,20H2,1-5H3,(H,35,36)/t22-,23-,26?,32+/m1/s1. The van der Waals surface area contributed by atoms with Crippen LogP contribution in [-0.4, -0.2) is 46.4 Å². The van der Waals surface area contributed by atoms with Gasteiger partial charge in [0.15, 0.2) is 0 Å². The molecule has 1 aromatic rings. The van der Waals surface area contributed by atoms with Crippen LogP contribution < -0.4 is 4.90 Å². The lowest BCUT2D eigenvalue weighted by molar-refractivity contribution is -0.125. The number of aliphatic hydroxyl groups is 1. The lowest BCUT2D eigenvalue weighted by Gasteiger charge is -2.42. The molecule has 2 fully saturated rings. The van der Waals surface area contributed by atoms with E-state index in [9.17, 15) is 19.8 Å². The summed E-state index contributed by atoms with van der Waals surface area (Å²) in [5.41, 5.74) is 0.620. The van der Waals surface area contributed by atoms with Crippen molar-refractivity contribution in [3.05, 3.63) is 27.5 Å². The summed E-state index contributed by atoms with van der Waals surface area (Å²) >= 11 is 1.14. The van der Waals surface area contributed by atoms with Crippen LogP contribution in [0.3, 0.4) is 0 Å². The number of carbonyl (C=O) groups excluding carboxylic acids is 1. The zero-order valence-corrected chi connectivity index (χ0v) is 25.0. The smallest absolute Gasteiger partial charge is 0.348 e. The quantitative estimate of drug-likeness (QED) is 0.285. The first-order chi connectivity index (χ1) is 18.3. The van der Waals surface area contributed by atoms with Gasteiger partial charge in [0.05, 0.1) is 28.9 Å². The van der Waals surface area contributed by atoms with Gasteiger partial charge in [0.2, 0.25) is 5.91 Å². The Morgan fingerprint density at radius 3 is 2.44 bits per heavy atom. The van der Waals surface area contributed by atoms with Crippen LogP contribution >= 0.6 is 11.3 Å². The van der Waals surface area contributed by atoms with Gasteiger partial charge in [-0.05, 0) is 91.0 Å². The summed E-state index contributed by atoms with van der Waals surface area (Å²) in [6.07, 6.45) is 10.7. The number of thiophene rings is 1. The first-order valence-electron chi connectivity index (χ1n) is 14.6. The first-order valence-corrected chi connectivity index (χ1v) is 15.4. The van der Waals surface area contributed by atoms with Crippen molar-refractivity contribution in [2.75, 3.05) is 11.5 Å². The van der Waals surface area contributed by atoms with Gasteiger partial charge in [-0.3, -0.25) is 4.79 Å². The molecule has 3 aliphatic carbocycles. The molecule has 2 saturated carbocycles. The normalized spacial score (nSPS) is 27.9. The second-order valence-corrected chi connectivity index (χ2v) is 14.1. The third-order valence-corrected chi connectivity index (χ3v) is 9.50. The SMILES string of the molecule is CC1=CCC(C(=O)N(c2cc(C#CC(C)(C)C)sc2C(=O)O)[C@H]2CC[C@](O)(COC3CCCC3)CC2)[C@H](C)C1. The molecule has 39 heavy (non-hydrogen) atoms. The zero-order valence-electron chi connectivity index (χ0n) is 24.2. The highest BCUT2D eigenvalue weighted by Crippen LogP contribution is 2.41. The van der Waals surface area contributed by atoms with E-state index in [1.807, 2.05) is 20.8 Å². The summed E-state index contributed by atoms with van der Waals surface area (Å²) in [5, 5.41) is 21.5. The largest absolute Gasteiger partial charge is 0.477 e. The number of carbonyl (C=O) groups is 2. The summed E-state index contributed by atoms with van der Waals surface area (Å²) in [5.74, 6) is 5.27. The maximum Gasteiger partial charge on any atom is 0.348 e. The fourth-order valence-electron chi connectivity index (χ4n) is 6.21. The Labute approximate surface area is 237 Å². The number of hydrogen-bond donors (Lipinski definition) is 2. The molecule has 0 aromatic carbocycles. The molecule has 1 heterocycles. The number of rotatable bonds is 7. The summed E-state index contributed by atoms with van der Waals surface area (Å²) in [6, 6.07) is 1.61. The highest BCUT2D eigenvalue weighted by molar-refractivity contribution is 7.15. The third-order valence-electron chi connectivity index (χ3n) is 8.47. The van der Waals surface area contributed by atoms with Crippen LogP contribution in [0.5, 0.6) is 0 Å². The van der Waals surface area contributed by atoms with Crippen molar-refractivity contribution in [2.45, 2.75) is 117 Å². The van der Waals surface area contributed by atoms with Crippen LogP contribution in [0.1, 0.15) is 113 Å². The van der Waals surface area contributed by atoms with Gasteiger partial charge in [-0.15, -0.1) is 11.3 Å². The minimum absolute atomic E-state index is 0.0143. The van der Waals surface area contributed by atoms with Crippen molar-refractivity contribution >= 4 is 28.9 Å². The van der Waals surface area contributed by atoms with Crippen molar-refractivity contribution in [3.8, 4) is 11.8 Å². The minimum Gasteiger partial charge on any atom is -0.477 e. The summed E-state index contributed by atoms with van der Waals surface area (Å²) < 4.78 is 6.07. The summed E-state index contributed by atoms with van der Waals surface area (Å²) in [6.45, 7) is 10.6. The Kier molecular flexibility index (Phi) is 9.30. The molecule has 2 N–H and O–H groups in total. The number of ether oxygens (including phenoxy) is 1. The van der Waals surface area contributed by atoms with E-state index in [4.69, 9.17) is 4.74 Å². The number of amides is 1. The van der Waals surface area contributed by atoms with Crippen LogP contribution in [0.15, 0.2) is 17.7 Å². The molecule has 214 valence electrons. The number of aromatic carboxylic acids is 1. The van der Waals surface area contributed by atoms with Gasteiger partial charge in [-0.1, -0.05) is 43.3 Å². The number of carboxylic acid groups (broad SMARTS) is 1. The molecule has 0 spiro atoms. The Morgan fingerprint density at radius 2 is 1.85 bits per heavy atom. The van der Waals surface area contributed by atoms with Crippen molar-refractivity contribution in [1.82, 2.24) is 0 Å². The van der Waals surface area contributed by atoms with E-state index < -0.39 is 11.6 Å². The van der Waals surface area contributed by atoms with E-state index in [2.05, 4.69) is 31.8 Å². The van der Waals surface area contributed by atoms with Gasteiger partial charge in [0, 0.05) is 17.4 Å². The fourth-order valence-corrected chi connectivity index (χ4v) is 7.05. The Morgan fingerprint density at radius 1 is 1.18 bits per heavy atom. The number of hydrogen-bond acceptors (Lipinski definition) is 5. The molecule has 1 unspecified atom stereocenters. The average molecular weight is 556 g/mol. The van der Waals surface area contributed by atoms with Crippen LogP contribution in [0, 0.1) is 29.1 Å². The monoisotopic (exact) mass is 555 g/mol. The van der Waals surface area contributed by atoms with Gasteiger partial charge in [-0.2, -0.15) is 0 Å². The predicted molar refractivity (Wildman–Crippen MR) is 156 cm³/mol. The summed E-state index contributed by atoms with van der Waals surface area (Å²) in [7, 11) is 0. The van der Waals surface area contributed by atoms with Gasteiger partial charge in [0.1, 0.15) is 4.88 Å². The van der Waals surface area contributed by atoms with Crippen LogP contribution in [0.25, 0.3) is 0 Å². The van der Waals surface area contributed by atoms with Gasteiger partial charge < -0.3 is 19.8 Å². The van der Waals surface area contributed by atoms with Crippen molar-refractivity contribution in [2.24, 2.45) is 17.3 Å². The molecule has 0 radical (unpaired) electrons. The van der Waals surface area contributed by atoms with Gasteiger partial charge >= 0.3 is 5.97 Å². The van der Waals surface area contributed by atoms with E-state index in [1.165, 1.54) is 18.4 Å². The van der Waals surface area contributed by atoms with Gasteiger partial charge in [-0.25, -0.2) is 4.79 Å². The van der Waals surface area contributed by atoms with Crippen LogP contribution in [0.4, 0.5) is 5.69 Å². The number of nitrogens with zero attached hydrogens (tertiary/aromatic N) is 1. The fraction of sp³-hybridized carbons (Fsp3) is 0.688. The molecule has 3 aliphatic rings. The van der Waals surface area contributed by atoms with E-state index in [0.29, 0.717) is 49.3 Å². The number of anilines is 1. The minimum atomic E-state index is -1.04. The number of carboxylic acids is 1. The predicted octanol–water partition coefficient (Wildman–Crippen LogP) is 6.80. The number of allylic oxidation sites excluding steroid dienone is 2. The molecule has 0 aliphatic heterocycles. The topological polar surface area (TPSA) is 87.1 Å². The maximum absolute atomic E-state index is 14.3. The Balaban J connectivity index is 1.62. The third kappa shape index (κ3) is 7.54. The Bertz CT molecular complexity index is 1140. The molecule has 6 nitrogen and oxygen atoms in total. The van der Waals surface area contributed by atoms with E-state index >= 15 is 0 Å². The molecule has 0 bridgehead atoms.